The average Bonchev–Trinajstić information content (AvgIpc) is 2.34. The molecule has 4 heteroatoms. The van der Waals surface area contributed by atoms with E-state index in [4.69, 9.17) is 15.3 Å². The predicted molar refractivity (Wildman–Crippen MR) is 63.7 cm³/mol. The summed E-state index contributed by atoms with van der Waals surface area (Å²) in [6.07, 6.45) is 5.12. The lowest BCUT2D eigenvalue weighted by atomic mass is 10.1. The predicted octanol–water partition coefficient (Wildman–Crippen LogP) is 1.10. The third-order valence-electron chi connectivity index (χ3n) is 1.96. The van der Waals surface area contributed by atoms with Gasteiger partial charge in [0, 0.05) is 12.6 Å². The third kappa shape index (κ3) is 2.67. The molecule has 0 aromatic heterocycles. The Bertz CT molecular complexity index is 507. The van der Waals surface area contributed by atoms with Crippen molar-refractivity contribution in [2.24, 2.45) is 0 Å². The average molecular weight is 221 g/mol. The SMILES string of the molecule is [2H]C([2H])([2H])Oc1cc(C(=O)NC)ccc1NCC#C. The minimum absolute atomic E-state index is 0.0522. The lowest BCUT2D eigenvalue weighted by Crippen LogP contribution is -2.17. The van der Waals surface area contributed by atoms with Gasteiger partial charge in [-0.1, -0.05) is 5.92 Å². The molecular formula is C12H14N2O2. The van der Waals surface area contributed by atoms with E-state index in [0.717, 1.165) is 0 Å². The van der Waals surface area contributed by atoms with Gasteiger partial charge in [0.05, 0.1) is 23.4 Å². The van der Waals surface area contributed by atoms with Crippen LogP contribution in [0, 0.1) is 12.3 Å². The van der Waals surface area contributed by atoms with Crippen LogP contribution in [0.2, 0.25) is 0 Å². The van der Waals surface area contributed by atoms with Crippen molar-refractivity contribution in [3.63, 3.8) is 0 Å². The molecule has 0 aliphatic carbocycles. The van der Waals surface area contributed by atoms with Crippen LogP contribution in [-0.2, 0) is 0 Å². The number of rotatable bonds is 4. The van der Waals surface area contributed by atoms with Gasteiger partial charge >= 0.3 is 0 Å². The molecule has 16 heavy (non-hydrogen) atoms. The minimum atomic E-state index is -2.60. The number of carbonyl (C=O) groups is 1. The standard InChI is InChI=1S/C12H14N2O2/c1-4-7-14-10-6-5-9(12(15)13-2)8-11(10)16-3/h1,5-6,8,14H,7H2,2-3H3,(H,13,15)/i3D3. The Morgan fingerprint density at radius 3 is 3.12 bits per heavy atom. The van der Waals surface area contributed by atoms with Gasteiger partial charge in [-0.15, -0.1) is 6.42 Å². The number of amides is 1. The molecule has 1 amide bonds. The Hall–Kier alpha value is -2.15. The van der Waals surface area contributed by atoms with Gasteiger partial charge in [-0.25, -0.2) is 0 Å². The summed E-state index contributed by atoms with van der Waals surface area (Å²) < 4.78 is 26.2. The summed E-state index contributed by atoms with van der Waals surface area (Å²) in [5.74, 6) is 2.09. The van der Waals surface area contributed by atoms with Gasteiger partial charge < -0.3 is 15.4 Å². The topological polar surface area (TPSA) is 50.4 Å². The van der Waals surface area contributed by atoms with Gasteiger partial charge in [0.1, 0.15) is 5.75 Å². The van der Waals surface area contributed by atoms with Crippen LogP contribution in [0.3, 0.4) is 0 Å². The van der Waals surface area contributed by atoms with Gasteiger partial charge in [-0.2, -0.15) is 0 Å². The highest BCUT2D eigenvalue weighted by Crippen LogP contribution is 2.25. The lowest BCUT2D eigenvalue weighted by molar-refractivity contribution is 0.0963. The molecule has 0 unspecified atom stereocenters. The smallest absolute Gasteiger partial charge is 0.251 e. The fourth-order valence-electron chi connectivity index (χ4n) is 1.18. The molecule has 0 spiro atoms. The van der Waals surface area contributed by atoms with Gasteiger partial charge in [0.2, 0.25) is 0 Å². The van der Waals surface area contributed by atoms with Gasteiger partial charge in [-0.3, -0.25) is 4.79 Å². The number of anilines is 1. The molecule has 0 bridgehead atoms. The van der Waals surface area contributed by atoms with E-state index < -0.39 is 7.04 Å². The van der Waals surface area contributed by atoms with Crippen molar-refractivity contribution in [3.05, 3.63) is 23.8 Å². The van der Waals surface area contributed by atoms with E-state index in [1.54, 1.807) is 12.1 Å². The van der Waals surface area contributed by atoms with Crippen LogP contribution in [0.15, 0.2) is 18.2 Å². The van der Waals surface area contributed by atoms with Crippen LogP contribution in [0.4, 0.5) is 5.69 Å². The summed E-state index contributed by atoms with van der Waals surface area (Å²) >= 11 is 0. The van der Waals surface area contributed by atoms with E-state index in [-0.39, 0.29) is 18.2 Å². The zero-order chi connectivity index (χ0) is 14.5. The van der Waals surface area contributed by atoms with Gasteiger partial charge in [0.25, 0.3) is 5.91 Å². The number of hydrogen-bond donors (Lipinski definition) is 2. The summed E-state index contributed by atoms with van der Waals surface area (Å²) in [6.45, 7) is 0.219. The molecule has 0 atom stereocenters. The lowest BCUT2D eigenvalue weighted by Gasteiger charge is -2.10. The van der Waals surface area contributed by atoms with Crippen molar-refractivity contribution in [1.82, 2.24) is 5.32 Å². The Morgan fingerprint density at radius 2 is 2.50 bits per heavy atom. The maximum atomic E-state index is 11.5. The molecule has 1 aromatic carbocycles. The number of nitrogens with one attached hydrogen (secondary N) is 2. The van der Waals surface area contributed by atoms with Gasteiger partial charge in [0.15, 0.2) is 0 Å². The Morgan fingerprint density at radius 1 is 1.69 bits per heavy atom. The number of terminal acetylenes is 1. The molecule has 0 heterocycles. The van der Waals surface area contributed by atoms with Crippen molar-refractivity contribution >= 4 is 11.6 Å². The number of methoxy groups -OCH3 is 1. The van der Waals surface area contributed by atoms with E-state index in [2.05, 4.69) is 16.6 Å². The first-order valence-corrected chi connectivity index (χ1v) is 4.60. The molecule has 84 valence electrons. The molecule has 0 radical (unpaired) electrons. The minimum Gasteiger partial charge on any atom is -0.495 e. The van der Waals surface area contributed by atoms with Crippen LogP contribution in [0.1, 0.15) is 14.5 Å². The first-order valence-electron chi connectivity index (χ1n) is 6.10. The highest BCUT2D eigenvalue weighted by molar-refractivity contribution is 5.95. The molecule has 1 rings (SSSR count). The zero-order valence-corrected chi connectivity index (χ0v) is 8.83. The van der Waals surface area contributed by atoms with Crippen molar-refractivity contribution in [2.45, 2.75) is 0 Å². The molecule has 0 aliphatic rings. The summed E-state index contributed by atoms with van der Waals surface area (Å²) in [5, 5.41) is 5.27. The molecule has 4 nitrogen and oxygen atoms in total. The van der Waals surface area contributed by atoms with E-state index in [9.17, 15) is 4.79 Å². The van der Waals surface area contributed by atoms with E-state index in [1.165, 1.54) is 13.1 Å². The Balaban J connectivity index is 3.11. The quantitative estimate of drug-likeness (QED) is 0.749. The summed E-state index contributed by atoms with van der Waals surface area (Å²) in [4.78, 5) is 11.5. The molecule has 0 saturated carbocycles. The van der Waals surface area contributed by atoms with E-state index >= 15 is 0 Å². The molecule has 0 fully saturated rings. The van der Waals surface area contributed by atoms with Crippen LogP contribution in [0.25, 0.3) is 0 Å². The maximum Gasteiger partial charge on any atom is 0.251 e. The molecule has 0 aliphatic heterocycles. The second kappa shape index (κ2) is 5.66. The Labute approximate surface area is 99.2 Å². The summed E-state index contributed by atoms with van der Waals surface area (Å²) in [6, 6.07) is 4.44. The van der Waals surface area contributed by atoms with Crippen molar-refractivity contribution in [2.75, 3.05) is 25.9 Å². The Kier molecular flexibility index (Phi) is 2.85. The van der Waals surface area contributed by atoms with Crippen molar-refractivity contribution < 1.29 is 13.6 Å². The fourth-order valence-corrected chi connectivity index (χ4v) is 1.18. The molecule has 0 saturated heterocycles. The van der Waals surface area contributed by atoms with E-state index in [1.807, 2.05) is 0 Å². The number of hydrogen-bond acceptors (Lipinski definition) is 3. The number of benzene rings is 1. The van der Waals surface area contributed by atoms with Crippen molar-refractivity contribution in [1.29, 1.82) is 0 Å². The summed E-state index contributed by atoms with van der Waals surface area (Å²) in [7, 11) is -1.12. The van der Waals surface area contributed by atoms with Crippen LogP contribution >= 0.6 is 0 Å². The highest BCUT2D eigenvalue weighted by Gasteiger charge is 2.08. The highest BCUT2D eigenvalue weighted by atomic mass is 16.5. The zero-order valence-electron chi connectivity index (χ0n) is 11.8. The number of carbonyl (C=O) groups excluding carboxylic acids is 1. The largest absolute Gasteiger partial charge is 0.495 e. The van der Waals surface area contributed by atoms with E-state index in [0.29, 0.717) is 11.3 Å². The maximum absolute atomic E-state index is 11.5. The molecular weight excluding hydrogens is 204 g/mol. The second-order valence-corrected chi connectivity index (χ2v) is 2.95. The van der Waals surface area contributed by atoms with Gasteiger partial charge in [-0.05, 0) is 18.2 Å². The fraction of sp³-hybridized carbons (Fsp3) is 0.250. The van der Waals surface area contributed by atoms with Crippen LogP contribution < -0.4 is 15.4 Å². The van der Waals surface area contributed by atoms with Crippen LogP contribution in [-0.4, -0.2) is 26.5 Å². The molecule has 2 N–H and O–H groups in total. The second-order valence-electron chi connectivity index (χ2n) is 2.95. The summed E-state index contributed by atoms with van der Waals surface area (Å²) in [5.41, 5.74) is 0.717. The molecule has 1 aromatic rings. The normalized spacial score (nSPS) is 12.6. The first-order chi connectivity index (χ1) is 8.87. The van der Waals surface area contributed by atoms with Crippen LogP contribution in [0.5, 0.6) is 5.75 Å². The monoisotopic (exact) mass is 221 g/mol. The first kappa shape index (κ1) is 8.05. The van der Waals surface area contributed by atoms with Crippen molar-refractivity contribution in [3.8, 4) is 18.1 Å². The third-order valence-corrected chi connectivity index (χ3v) is 1.96. The number of ether oxygens (including phenoxy) is 1.